The van der Waals surface area contributed by atoms with E-state index < -0.39 is 5.92 Å². The van der Waals surface area contributed by atoms with Gasteiger partial charge in [-0.25, -0.2) is 4.99 Å². The van der Waals surface area contributed by atoms with Gasteiger partial charge in [0.2, 0.25) is 0 Å². The molecule has 0 spiro atoms. The molecule has 1 aromatic carbocycles. The number of aromatic amines is 1. The molecular formula is C20H23N3O3. The van der Waals surface area contributed by atoms with Crippen molar-refractivity contribution < 1.29 is 14.3 Å². The molecule has 0 amide bonds. The van der Waals surface area contributed by atoms with E-state index in [1.807, 2.05) is 19.1 Å². The van der Waals surface area contributed by atoms with Gasteiger partial charge in [-0.1, -0.05) is 31.5 Å². The molecule has 1 N–H and O–H groups in total. The number of aromatic nitrogens is 2. The summed E-state index contributed by atoms with van der Waals surface area (Å²) >= 11 is 0. The summed E-state index contributed by atoms with van der Waals surface area (Å²) in [6, 6.07) is 6.17. The molecule has 0 fully saturated rings. The van der Waals surface area contributed by atoms with E-state index in [0.29, 0.717) is 13.2 Å². The Morgan fingerprint density at radius 2 is 2.23 bits per heavy atom. The Kier molecular flexibility index (Phi) is 4.49. The highest BCUT2D eigenvalue weighted by molar-refractivity contribution is 6.06. The minimum Gasteiger partial charge on any atom is -0.493 e. The molecule has 26 heavy (non-hydrogen) atoms. The third-order valence-electron chi connectivity index (χ3n) is 5.06. The van der Waals surface area contributed by atoms with Crippen molar-refractivity contribution in [3.8, 4) is 5.75 Å². The van der Waals surface area contributed by atoms with Crippen LogP contribution in [0, 0.1) is 5.92 Å². The van der Waals surface area contributed by atoms with E-state index in [2.05, 4.69) is 23.2 Å². The first-order valence-corrected chi connectivity index (χ1v) is 9.26. The van der Waals surface area contributed by atoms with Gasteiger partial charge in [-0.2, -0.15) is 5.10 Å². The number of carbonyl (C=O) groups excluding carboxylic acids is 1. The van der Waals surface area contributed by atoms with Gasteiger partial charge in [0.15, 0.2) is 5.82 Å². The van der Waals surface area contributed by atoms with Crippen LogP contribution in [0.4, 0.5) is 5.82 Å². The number of nitrogens with one attached hydrogen (secondary N) is 1. The largest absolute Gasteiger partial charge is 0.493 e. The summed E-state index contributed by atoms with van der Waals surface area (Å²) in [7, 11) is 0. The van der Waals surface area contributed by atoms with Crippen molar-refractivity contribution in [2.45, 2.75) is 39.0 Å². The minimum atomic E-state index is -0.448. The Hall–Kier alpha value is -2.63. The highest BCUT2D eigenvalue weighted by Crippen LogP contribution is 2.47. The van der Waals surface area contributed by atoms with Crippen molar-refractivity contribution in [3.63, 3.8) is 0 Å². The van der Waals surface area contributed by atoms with E-state index in [9.17, 15) is 4.79 Å². The van der Waals surface area contributed by atoms with E-state index in [1.54, 1.807) is 6.20 Å². The topological polar surface area (TPSA) is 76.6 Å². The Morgan fingerprint density at radius 3 is 3.04 bits per heavy atom. The van der Waals surface area contributed by atoms with Crippen molar-refractivity contribution in [1.29, 1.82) is 0 Å². The second kappa shape index (κ2) is 6.94. The van der Waals surface area contributed by atoms with Crippen LogP contribution >= 0.6 is 0 Å². The zero-order valence-corrected chi connectivity index (χ0v) is 15.1. The average Bonchev–Trinajstić information content (AvgIpc) is 3.29. The predicted molar refractivity (Wildman–Crippen MR) is 98.2 cm³/mol. The maximum atomic E-state index is 12.9. The zero-order chi connectivity index (χ0) is 18.1. The fourth-order valence-electron chi connectivity index (χ4n) is 4.00. The van der Waals surface area contributed by atoms with Crippen LogP contribution in [0.3, 0.4) is 0 Å². The molecule has 2 atom stereocenters. The Morgan fingerprint density at radius 1 is 1.35 bits per heavy atom. The molecule has 4 rings (SSSR count). The lowest BCUT2D eigenvalue weighted by atomic mass is 9.75. The number of para-hydroxylation sites is 1. The number of H-pyrrole nitrogens is 1. The molecule has 6 heteroatoms. The quantitative estimate of drug-likeness (QED) is 0.834. The van der Waals surface area contributed by atoms with Gasteiger partial charge in [0, 0.05) is 29.2 Å². The van der Waals surface area contributed by atoms with Gasteiger partial charge in [-0.3, -0.25) is 9.89 Å². The molecule has 2 aliphatic rings. The molecule has 2 aliphatic heterocycles. The number of carbonyl (C=O) groups is 1. The molecular weight excluding hydrogens is 330 g/mol. The highest BCUT2D eigenvalue weighted by Gasteiger charge is 2.42. The summed E-state index contributed by atoms with van der Waals surface area (Å²) in [4.78, 5) is 17.6. The fourth-order valence-corrected chi connectivity index (χ4v) is 4.00. The standard InChI is InChI=1S/C20H23N3O3/c1-3-6-15-17(20(24)25-4-2)16(14-11-21-23-19(14)22-15)13-8-5-7-12-9-10-26-18(12)13/h5,7-8,11,16-17H,3-4,6,9-10H2,1-2H3,(H,21,23). The number of hydrogen-bond donors (Lipinski definition) is 1. The minimum absolute atomic E-state index is 0.199. The SMILES string of the molecule is CCCC1=Nc2[nH]ncc2C(c2cccc3c2OCC3)C1C(=O)OCC. The second-order valence-corrected chi connectivity index (χ2v) is 6.67. The van der Waals surface area contributed by atoms with Crippen molar-refractivity contribution in [2.24, 2.45) is 10.9 Å². The molecule has 0 saturated heterocycles. The molecule has 0 bridgehead atoms. The third-order valence-corrected chi connectivity index (χ3v) is 5.06. The summed E-state index contributed by atoms with van der Waals surface area (Å²) in [6.07, 6.45) is 4.32. The molecule has 1 aromatic heterocycles. The van der Waals surface area contributed by atoms with E-state index in [-0.39, 0.29) is 11.9 Å². The van der Waals surface area contributed by atoms with Crippen molar-refractivity contribution in [2.75, 3.05) is 13.2 Å². The number of fused-ring (bicyclic) bond motifs is 2. The molecule has 2 unspecified atom stereocenters. The van der Waals surface area contributed by atoms with E-state index in [1.165, 1.54) is 5.56 Å². The molecule has 136 valence electrons. The van der Waals surface area contributed by atoms with Crippen LogP contribution in [0.25, 0.3) is 0 Å². The van der Waals surface area contributed by atoms with Gasteiger partial charge in [0.1, 0.15) is 11.7 Å². The average molecular weight is 353 g/mol. The smallest absolute Gasteiger partial charge is 0.315 e. The van der Waals surface area contributed by atoms with Gasteiger partial charge < -0.3 is 9.47 Å². The lowest BCUT2D eigenvalue weighted by Gasteiger charge is -2.31. The van der Waals surface area contributed by atoms with Crippen LogP contribution in [0.15, 0.2) is 29.4 Å². The van der Waals surface area contributed by atoms with E-state index in [0.717, 1.165) is 47.7 Å². The van der Waals surface area contributed by atoms with Crippen LogP contribution in [0.5, 0.6) is 5.75 Å². The summed E-state index contributed by atoms with van der Waals surface area (Å²) in [6.45, 7) is 4.95. The van der Waals surface area contributed by atoms with Crippen molar-refractivity contribution in [1.82, 2.24) is 10.2 Å². The number of esters is 1. The van der Waals surface area contributed by atoms with Crippen LogP contribution in [0.1, 0.15) is 49.3 Å². The second-order valence-electron chi connectivity index (χ2n) is 6.67. The number of nitrogens with zero attached hydrogens (tertiary/aromatic N) is 2. The van der Waals surface area contributed by atoms with Gasteiger partial charge in [0.05, 0.1) is 19.4 Å². The predicted octanol–water partition coefficient (Wildman–Crippen LogP) is 3.54. The third kappa shape index (κ3) is 2.69. The lowest BCUT2D eigenvalue weighted by Crippen LogP contribution is -2.34. The molecule has 2 aromatic rings. The molecule has 3 heterocycles. The van der Waals surface area contributed by atoms with E-state index >= 15 is 0 Å². The maximum Gasteiger partial charge on any atom is 0.315 e. The maximum absolute atomic E-state index is 12.9. The van der Waals surface area contributed by atoms with Crippen molar-refractivity contribution >= 4 is 17.5 Å². The number of rotatable bonds is 5. The number of ether oxygens (including phenoxy) is 2. The van der Waals surface area contributed by atoms with Crippen LogP contribution in [-0.4, -0.2) is 35.1 Å². The first-order chi connectivity index (χ1) is 12.7. The normalized spacial score (nSPS) is 20.8. The Bertz CT molecular complexity index is 856. The molecule has 6 nitrogen and oxygen atoms in total. The lowest BCUT2D eigenvalue weighted by molar-refractivity contribution is -0.146. The summed E-state index contributed by atoms with van der Waals surface area (Å²) in [5, 5.41) is 7.16. The first kappa shape index (κ1) is 16.8. The summed E-state index contributed by atoms with van der Waals surface area (Å²) in [5.74, 6) is 0.754. The number of aliphatic imine (C=N–C) groups is 1. The van der Waals surface area contributed by atoms with Crippen LogP contribution in [-0.2, 0) is 16.0 Å². The molecule has 0 aliphatic carbocycles. The van der Waals surface area contributed by atoms with Gasteiger partial charge in [-0.05, 0) is 18.9 Å². The first-order valence-electron chi connectivity index (χ1n) is 9.26. The number of hydrogen-bond acceptors (Lipinski definition) is 5. The summed E-state index contributed by atoms with van der Waals surface area (Å²) in [5.41, 5.74) is 3.98. The van der Waals surface area contributed by atoms with Crippen LogP contribution < -0.4 is 4.74 Å². The number of benzene rings is 1. The van der Waals surface area contributed by atoms with Gasteiger partial charge in [0.25, 0.3) is 0 Å². The van der Waals surface area contributed by atoms with E-state index in [4.69, 9.17) is 14.5 Å². The molecule has 0 saturated carbocycles. The van der Waals surface area contributed by atoms with Crippen LogP contribution in [0.2, 0.25) is 0 Å². The molecule has 0 radical (unpaired) electrons. The Balaban J connectivity index is 1.88. The Labute approximate surface area is 152 Å². The highest BCUT2D eigenvalue weighted by atomic mass is 16.5. The zero-order valence-electron chi connectivity index (χ0n) is 15.1. The van der Waals surface area contributed by atoms with Crippen molar-refractivity contribution in [3.05, 3.63) is 41.1 Å². The monoisotopic (exact) mass is 353 g/mol. The fraction of sp³-hybridized carbons (Fsp3) is 0.450. The van der Waals surface area contributed by atoms with Gasteiger partial charge in [-0.15, -0.1) is 0 Å². The summed E-state index contributed by atoms with van der Waals surface area (Å²) < 4.78 is 11.4. The van der Waals surface area contributed by atoms with Gasteiger partial charge >= 0.3 is 5.97 Å².